The van der Waals surface area contributed by atoms with Crippen LogP contribution in [0.5, 0.6) is 5.75 Å². The van der Waals surface area contributed by atoms with Crippen LogP contribution in [-0.4, -0.2) is 17.7 Å². The predicted molar refractivity (Wildman–Crippen MR) is 57.7 cm³/mol. The van der Waals surface area contributed by atoms with Crippen LogP contribution in [0.3, 0.4) is 0 Å². The molecule has 0 bridgehead atoms. The van der Waals surface area contributed by atoms with Crippen molar-refractivity contribution in [1.29, 1.82) is 0 Å². The summed E-state index contributed by atoms with van der Waals surface area (Å²) >= 11 is 0. The van der Waals surface area contributed by atoms with Crippen LogP contribution < -0.4 is 10.5 Å². The van der Waals surface area contributed by atoms with Gasteiger partial charge in [-0.15, -0.1) is 12.4 Å². The van der Waals surface area contributed by atoms with Gasteiger partial charge in [-0.25, -0.2) is 4.79 Å². The highest BCUT2D eigenvalue weighted by Crippen LogP contribution is 2.31. The fraction of sp³-hybridized carbons (Fsp3) is 0.300. The average Bonchev–Trinajstić information content (AvgIpc) is 2.17. The van der Waals surface area contributed by atoms with Crippen molar-refractivity contribution >= 4 is 18.4 Å². The summed E-state index contributed by atoms with van der Waals surface area (Å²) in [7, 11) is 0. The summed E-state index contributed by atoms with van der Waals surface area (Å²) in [6, 6.07) is 4.76. The van der Waals surface area contributed by atoms with Crippen molar-refractivity contribution in [3.8, 4) is 5.75 Å². The lowest BCUT2D eigenvalue weighted by Gasteiger charge is -2.22. The lowest BCUT2D eigenvalue weighted by molar-refractivity contribution is 0.0696. The predicted octanol–water partition coefficient (Wildman–Crippen LogP) is 1.59. The normalized spacial score (nSPS) is 18.3. The van der Waals surface area contributed by atoms with Crippen molar-refractivity contribution in [3.63, 3.8) is 0 Å². The summed E-state index contributed by atoms with van der Waals surface area (Å²) in [6.45, 7) is 0.553. The quantitative estimate of drug-likeness (QED) is 0.767. The molecule has 0 radical (unpaired) electrons. The Hall–Kier alpha value is -1.26. The maximum atomic E-state index is 10.7. The summed E-state index contributed by atoms with van der Waals surface area (Å²) in [5.41, 5.74) is 6.97. The third-order valence-corrected chi connectivity index (χ3v) is 2.35. The van der Waals surface area contributed by atoms with Crippen molar-refractivity contribution < 1.29 is 14.6 Å². The monoisotopic (exact) mass is 229 g/mol. The third-order valence-electron chi connectivity index (χ3n) is 2.35. The standard InChI is InChI=1S/C10H11NO3.ClH/c11-8-3-4-14-9-5-6(10(12)13)1-2-7(8)9;/h1-2,5,8H,3-4,11H2,(H,12,13);1H. The first-order chi connectivity index (χ1) is 6.68. The van der Waals surface area contributed by atoms with Gasteiger partial charge in [0.25, 0.3) is 0 Å². The van der Waals surface area contributed by atoms with E-state index in [2.05, 4.69) is 0 Å². The molecule has 1 unspecified atom stereocenters. The van der Waals surface area contributed by atoms with E-state index < -0.39 is 5.97 Å². The summed E-state index contributed by atoms with van der Waals surface area (Å²) in [5.74, 6) is -0.348. The summed E-state index contributed by atoms with van der Waals surface area (Å²) in [6.07, 6.45) is 0.777. The minimum absolute atomic E-state index is 0. The number of carboxylic acid groups (broad SMARTS) is 1. The third kappa shape index (κ3) is 2.22. The Morgan fingerprint density at radius 3 is 2.93 bits per heavy atom. The van der Waals surface area contributed by atoms with E-state index in [4.69, 9.17) is 15.6 Å². The van der Waals surface area contributed by atoms with Crippen molar-refractivity contribution in [1.82, 2.24) is 0 Å². The van der Waals surface area contributed by atoms with Gasteiger partial charge in [0.1, 0.15) is 5.75 Å². The van der Waals surface area contributed by atoms with Crippen molar-refractivity contribution in [2.75, 3.05) is 6.61 Å². The first-order valence-corrected chi connectivity index (χ1v) is 4.44. The Kier molecular flexibility index (Phi) is 3.55. The highest BCUT2D eigenvalue weighted by Gasteiger charge is 2.19. The largest absolute Gasteiger partial charge is 0.493 e. The van der Waals surface area contributed by atoms with Gasteiger partial charge < -0.3 is 15.6 Å². The number of hydrogen-bond donors (Lipinski definition) is 2. The molecule has 1 atom stereocenters. The minimum atomic E-state index is -0.949. The van der Waals surface area contributed by atoms with Crippen LogP contribution in [0.15, 0.2) is 18.2 Å². The Bertz CT molecular complexity index is 381. The van der Waals surface area contributed by atoms with Gasteiger partial charge in [0.05, 0.1) is 12.2 Å². The number of carboxylic acids is 1. The molecule has 0 saturated heterocycles. The van der Waals surface area contributed by atoms with Crippen LogP contribution in [0, 0.1) is 0 Å². The number of aromatic carboxylic acids is 1. The maximum absolute atomic E-state index is 10.7. The van der Waals surface area contributed by atoms with E-state index in [9.17, 15) is 4.79 Å². The molecule has 1 aromatic rings. The lowest BCUT2D eigenvalue weighted by atomic mass is 10.00. The topological polar surface area (TPSA) is 72.5 Å². The molecule has 0 aromatic heterocycles. The Morgan fingerprint density at radius 1 is 1.53 bits per heavy atom. The molecule has 1 aliphatic heterocycles. The van der Waals surface area contributed by atoms with E-state index in [0.29, 0.717) is 12.4 Å². The zero-order chi connectivity index (χ0) is 10.1. The van der Waals surface area contributed by atoms with Crippen LogP contribution in [0.25, 0.3) is 0 Å². The van der Waals surface area contributed by atoms with E-state index in [-0.39, 0.29) is 24.0 Å². The molecule has 3 N–H and O–H groups in total. The maximum Gasteiger partial charge on any atom is 0.335 e. The smallest absolute Gasteiger partial charge is 0.335 e. The SMILES string of the molecule is Cl.NC1CCOc2cc(C(=O)O)ccc21. The van der Waals surface area contributed by atoms with Crippen molar-refractivity contribution in [3.05, 3.63) is 29.3 Å². The van der Waals surface area contributed by atoms with Crippen molar-refractivity contribution in [2.45, 2.75) is 12.5 Å². The van der Waals surface area contributed by atoms with Gasteiger partial charge in [0.2, 0.25) is 0 Å². The second kappa shape index (κ2) is 4.51. The number of benzene rings is 1. The Morgan fingerprint density at radius 2 is 2.27 bits per heavy atom. The van der Waals surface area contributed by atoms with E-state index >= 15 is 0 Å². The highest BCUT2D eigenvalue weighted by atomic mass is 35.5. The van der Waals surface area contributed by atoms with Crippen LogP contribution in [0.2, 0.25) is 0 Å². The second-order valence-electron chi connectivity index (χ2n) is 3.30. The number of halogens is 1. The molecule has 0 aliphatic carbocycles. The van der Waals surface area contributed by atoms with Gasteiger partial charge in [-0.3, -0.25) is 0 Å². The van der Waals surface area contributed by atoms with Crippen LogP contribution >= 0.6 is 12.4 Å². The molecule has 0 saturated carbocycles. The van der Waals surface area contributed by atoms with Crippen LogP contribution in [0.4, 0.5) is 0 Å². The average molecular weight is 230 g/mol. The molecule has 4 nitrogen and oxygen atoms in total. The molecule has 1 heterocycles. The fourth-order valence-corrected chi connectivity index (χ4v) is 1.55. The highest BCUT2D eigenvalue weighted by molar-refractivity contribution is 5.88. The van der Waals surface area contributed by atoms with Crippen LogP contribution in [-0.2, 0) is 0 Å². The number of ether oxygens (including phenoxy) is 1. The molecule has 82 valence electrons. The molecule has 1 aliphatic rings. The molecular weight excluding hydrogens is 218 g/mol. The van der Waals surface area contributed by atoms with E-state index in [1.165, 1.54) is 6.07 Å². The molecule has 2 rings (SSSR count). The van der Waals surface area contributed by atoms with E-state index in [1.807, 2.05) is 0 Å². The molecule has 0 fully saturated rings. The zero-order valence-electron chi connectivity index (χ0n) is 7.97. The number of carbonyl (C=O) groups is 1. The summed E-state index contributed by atoms with van der Waals surface area (Å²) < 4.78 is 5.34. The number of nitrogens with two attached hydrogens (primary N) is 1. The van der Waals surface area contributed by atoms with Gasteiger partial charge in [0.15, 0.2) is 0 Å². The lowest BCUT2D eigenvalue weighted by Crippen LogP contribution is -2.20. The molecule has 0 amide bonds. The summed E-state index contributed by atoms with van der Waals surface area (Å²) in [5, 5.41) is 8.77. The van der Waals surface area contributed by atoms with Gasteiger partial charge in [-0.1, -0.05) is 6.07 Å². The second-order valence-corrected chi connectivity index (χ2v) is 3.30. The first kappa shape index (κ1) is 11.8. The van der Waals surface area contributed by atoms with E-state index in [0.717, 1.165) is 12.0 Å². The molecule has 1 aromatic carbocycles. The molecular formula is C10H12ClNO3. The molecule has 0 spiro atoms. The first-order valence-electron chi connectivity index (χ1n) is 4.44. The number of rotatable bonds is 1. The zero-order valence-corrected chi connectivity index (χ0v) is 8.79. The minimum Gasteiger partial charge on any atom is -0.493 e. The summed E-state index contributed by atoms with van der Waals surface area (Å²) in [4.78, 5) is 10.7. The fourth-order valence-electron chi connectivity index (χ4n) is 1.55. The Balaban J connectivity index is 0.00000112. The van der Waals surface area contributed by atoms with Gasteiger partial charge in [0, 0.05) is 18.0 Å². The molecule has 15 heavy (non-hydrogen) atoms. The van der Waals surface area contributed by atoms with Gasteiger partial charge in [-0.05, 0) is 12.1 Å². The molecule has 5 heteroatoms. The van der Waals surface area contributed by atoms with Gasteiger partial charge in [-0.2, -0.15) is 0 Å². The number of hydrogen-bond acceptors (Lipinski definition) is 3. The van der Waals surface area contributed by atoms with Crippen LogP contribution in [0.1, 0.15) is 28.4 Å². The van der Waals surface area contributed by atoms with Crippen molar-refractivity contribution in [2.24, 2.45) is 5.73 Å². The number of fused-ring (bicyclic) bond motifs is 1. The van der Waals surface area contributed by atoms with E-state index in [1.54, 1.807) is 12.1 Å². The van der Waals surface area contributed by atoms with Gasteiger partial charge >= 0.3 is 5.97 Å². The Labute approximate surface area is 93.4 Å².